The fraction of sp³-hybridized carbons (Fsp3) is 0.174. The Morgan fingerprint density at radius 1 is 0.578 bits per heavy atom. The highest BCUT2D eigenvalue weighted by Crippen LogP contribution is 2.34. The first-order chi connectivity index (χ1) is 31.2. The molecule has 0 fully saturated rings. The normalized spacial score (nSPS) is 15.3. The smallest absolute Gasteiger partial charge is 0.246 e. The number of ether oxygens (including phenoxy) is 2. The van der Waals surface area contributed by atoms with Crippen LogP contribution in [0.2, 0.25) is 10.3 Å². The molecule has 0 aliphatic carbocycles. The predicted octanol–water partition coefficient (Wildman–Crippen LogP) is 10.2. The number of hydrogen-bond donors (Lipinski definition) is 2. The number of nitrogens with one attached hydrogen (secondary N) is 2. The van der Waals surface area contributed by atoms with Gasteiger partial charge >= 0.3 is 0 Å². The molecule has 0 bridgehead atoms. The molecule has 18 heteroatoms. The van der Waals surface area contributed by atoms with Crippen LogP contribution in [0.1, 0.15) is 47.5 Å². The molecule has 324 valence electrons. The molecule has 0 unspecified atom stereocenters. The maximum absolute atomic E-state index is 13.4. The van der Waals surface area contributed by atoms with Crippen LogP contribution in [0.3, 0.4) is 0 Å². The minimum atomic E-state index is -0.253. The Kier molecular flexibility index (Phi) is 12.2. The zero-order chi connectivity index (χ0) is 44.2. The lowest BCUT2D eigenvalue weighted by Crippen LogP contribution is -2.08. The second kappa shape index (κ2) is 18.6. The molecule has 10 rings (SSSR count). The average molecular weight is 902 g/mol. The van der Waals surface area contributed by atoms with Gasteiger partial charge in [0.1, 0.15) is 57.7 Å². The molecule has 2 aliphatic rings. The van der Waals surface area contributed by atoms with Gasteiger partial charge < -0.3 is 29.2 Å². The van der Waals surface area contributed by atoms with Crippen molar-refractivity contribution < 1.29 is 18.3 Å². The number of rotatable bonds is 10. The van der Waals surface area contributed by atoms with Gasteiger partial charge in [-0.25, -0.2) is 28.1 Å². The van der Waals surface area contributed by atoms with E-state index < -0.39 is 0 Å². The van der Waals surface area contributed by atoms with Gasteiger partial charge in [0.2, 0.25) is 11.9 Å². The summed E-state index contributed by atoms with van der Waals surface area (Å²) in [4.78, 5) is 17.6. The van der Waals surface area contributed by atoms with Crippen molar-refractivity contribution in [1.82, 2.24) is 48.6 Å². The third-order valence-corrected chi connectivity index (χ3v) is 11.1. The topological polar surface area (TPSA) is 140 Å². The van der Waals surface area contributed by atoms with Crippen molar-refractivity contribution in [2.45, 2.75) is 37.8 Å². The van der Waals surface area contributed by atoms with Crippen LogP contribution >= 0.6 is 23.2 Å². The lowest BCUT2D eigenvalue weighted by atomic mass is 9.95. The molecule has 4 aromatic heterocycles. The molecule has 2 atom stereocenters. The third-order valence-electron chi connectivity index (χ3n) is 10.7. The Hall–Kier alpha value is -7.30. The number of aromatic nitrogens is 10. The van der Waals surface area contributed by atoms with Gasteiger partial charge in [-0.1, -0.05) is 71.8 Å². The third kappa shape index (κ3) is 9.23. The summed E-state index contributed by atoms with van der Waals surface area (Å²) in [6, 6.07) is 24.5. The highest BCUT2D eigenvalue weighted by molar-refractivity contribution is 6.29. The average Bonchev–Trinajstić information content (AvgIpc) is 4.08. The van der Waals surface area contributed by atoms with E-state index in [1.807, 2.05) is 45.8 Å². The number of fused-ring (bicyclic) bond motifs is 2. The molecule has 14 nitrogen and oxygen atoms in total. The Labute approximate surface area is 376 Å². The minimum Gasteiger partial charge on any atom is -0.494 e. The second-order valence-electron chi connectivity index (χ2n) is 14.8. The fourth-order valence-corrected chi connectivity index (χ4v) is 7.94. The molecular weight excluding hydrogens is 861 g/mol. The Morgan fingerprint density at radius 2 is 1.00 bits per heavy atom. The molecule has 2 aliphatic heterocycles. The molecule has 0 radical (unpaired) electrons. The number of imidazole rings is 2. The van der Waals surface area contributed by atoms with Gasteiger partial charge in [-0.05, 0) is 72.5 Å². The Morgan fingerprint density at radius 3 is 1.38 bits per heavy atom. The molecule has 6 heterocycles. The molecule has 0 amide bonds. The number of halogens is 4. The van der Waals surface area contributed by atoms with E-state index in [1.165, 1.54) is 24.3 Å². The summed E-state index contributed by atoms with van der Waals surface area (Å²) in [5, 5.41) is 16.6. The SMILES string of the molecule is COc1cc(Nc2nc3n(n2)CC=CC[C@@H]3c2ccc(F)cc2)ccc1-n1cnc(Cl)c1.COc1cc(Nc2nc3n(n2)CC=CC[C@H]3c2ccc(F)cc2)ccc1-n1cnc(Cl)c1. The van der Waals surface area contributed by atoms with Crippen molar-refractivity contribution in [3.8, 4) is 22.9 Å². The van der Waals surface area contributed by atoms with Crippen LogP contribution in [0.5, 0.6) is 11.5 Å². The predicted molar refractivity (Wildman–Crippen MR) is 241 cm³/mol. The van der Waals surface area contributed by atoms with E-state index in [9.17, 15) is 8.78 Å². The van der Waals surface area contributed by atoms with Crippen LogP contribution in [0.15, 0.2) is 134 Å². The van der Waals surface area contributed by atoms with Crippen LogP contribution in [0.4, 0.5) is 32.1 Å². The standard InChI is InChI=1S/2C23H20ClFN6O/c2*1-32-20-12-17(9-10-19(20)30-13-21(24)26-14-30)27-23-28-22-18(4-2-3-11-31(22)29-23)15-5-7-16(25)8-6-15/h2*2-3,5-10,12-14,18H,4,11H2,1H3,(H,27,29)/t2*18-/m10/s1. The van der Waals surface area contributed by atoms with Crippen molar-refractivity contribution >= 4 is 46.5 Å². The molecule has 8 aromatic rings. The monoisotopic (exact) mass is 900 g/mol. The molecule has 4 aromatic carbocycles. The van der Waals surface area contributed by atoms with Crippen LogP contribution in [-0.4, -0.2) is 62.9 Å². The number of anilines is 4. The zero-order valence-electron chi connectivity index (χ0n) is 34.5. The number of benzene rings is 4. The van der Waals surface area contributed by atoms with Gasteiger partial charge in [-0.2, -0.15) is 9.97 Å². The molecule has 0 saturated heterocycles. The first-order valence-electron chi connectivity index (χ1n) is 20.2. The number of allylic oxidation sites excluding steroid dienone is 4. The maximum Gasteiger partial charge on any atom is 0.246 e. The summed E-state index contributed by atoms with van der Waals surface area (Å²) in [5.74, 6) is 3.44. The molecule has 0 saturated carbocycles. The van der Waals surface area contributed by atoms with Gasteiger partial charge in [-0.15, -0.1) is 10.2 Å². The van der Waals surface area contributed by atoms with Crippen LogP contribution < -0.4 is 20.1 Å². The fourth-order valence-electron chi connectivity index (χ4n) is 7.64. The number of hydrogen-bond acceptors (Lipinski definition) is 10. The number of methoxy groups -OCH3 is 2. The first-order valence-corrected chi connectivity index (χ1v) is 21.0. The number of nitrogens with zero attached hydrogens (tertiary/aromatic N) is 10. The summed E-state index contributed by atoms with van der Waals surface area (Å²) >= 11 is 11.9. The van der Waals surface area contributed by atoms with E-state index in [1.54, 1.807) is 72.7 Å². The zero-order valence-corrected chi connectivity index (χ0v) is 36.0. The molecular formula is C46H40Cl2F2N12O2. The summed E-state index contributed by atoms with van der Waals surface area (Å²) in [6.45, 7) is 1.26. The van der Waals surface area contributed by atoms with Crippen LogP contribution in [0, 0.1) is 11.6 Å². The van der Waals surface area contributed by atoms with E-state index in [-0.39, 0.29) is 23.5 Å². The van der Waals surface area contributed by atoms with E-state index in [2.05, 4.69) is 55.1 Å². The second-order valence-corrected chi connectivity index (χ2v) is 15.6. The summed E-state index contributed by atoms with van der Waals surface area (Å²) in [5.41, 5.74) is 5.20. The van der Waals surface area contributed by atoms with E-state index in [4.69, 9.17) is 42.6 Å². The van der Waals surface area contributed by atoms with Gasteiger partial charge in [0.25, 0.3) is 0 Å². The molecule has 64 heavy (non-hydrogen) atoms. The van der Waals surface area contributed by atoms with Crippen molar-refractivity contribution in [3.63, 3.8) is 0 Å². The lowest BCUT2D eigenvalue weighted by molar-refractivity contribution is 0.413. The van der Waals surface area contributed by atoms with Crippen LogP contribution in [0.25, 0.3) is 11.4 Å². The summed E-state index contributed by atoms with van der Waals surface area (Å²) in [7, 11) is 3.22. The van der Waals surface area contributed by atoms with E-state index >= 15 is 0 Å². The van der Waals surface area contributed by atoms with Gasteiger partial charge in [0, 0.05) is 47.7 Å². The Balaban J connectivity index is 0.000000162. The quantitative estimate of drug-likeness (QED) is 0.128. The van der Waals surface area contributed by atoms with E-state index in [0.717, 1.165) is 58.4 Å². The summed E-state index contributed by atoms with van der Waals surface area (Å²) < 4.78 is 45.2. The van der Waals surface area contributed by atoms with Gasteiger partial charge in [0.05, 0.1) is 38.7 Å². The van der Waals surface area contributed by atoms with Gasteiger partial charge in [-0.3, -0.25) is 0 Å². The van der Waals surface area contributed by atoms with E-state index in [0.29, 0.717) is 46.8 Å². The highest BCUT2D eigenvalue weighted by Gasteiger charge is 2.25. The van der Waals surface area contributed by atoms with Crippen molar-refractivity contribution in [2.24, 2.45) is 0 Å². The van der Waals surface area contributed by atoms with Gasteiger partial charge in [0.15, 0.2) is 0 Å². The molecule has 2 N–H and O–H groups in total. The lowest BCUT2D eigenvalue weighted by Gasteiger charge is -2.13. The van der Waals surface area contributed by atoms with Crippen molar-refractivity contribution in [2.75, 3.05) is 24.9 Å². The molecule has 0 spiro atoms. The van der Waals surface area contributed by atoms with Crippen molar-refractivity contribution in [1.29, 1.82) is 0 Å². The maximum atomic E-state index is 13.4. The summed E-state index contributed by atoms with van der Waals surface area (Å²) in [6.07, 6.45) is 16.6. The minimum absolute atomic E-state index is 0.000279. The Bertz CT molecular complexity index is 2760. The largest absolute Gasteiger partial charge is 0.494 e. The highest BCUT2D eigenvalue weighted by atomic mass is 35.5. The van der Waals surface area contributed by atoms with Crippen molar-refractivity contribution in [3.05, 3.63) is 179 Å². The first kappa shape index (κ1) is 42.0. The van der Waals surface area contributed by atoms with Crippen LogP contribution in [-0.2, 0) is 13.1 Å².